The molecule has 0 rings (SSSR count). The van der Waals surface area contributed by atoms with Gasteiger partial charge < -0.3 is 15.3 Å². The molecule has 0 bridgehead atoms. The van der Waals surface area contributed by atoms with E-state index in [1.54, 1.807) is 6.92 Å². The van der Waals surface area contributed by atoms with Crippen molar-refractivity contribution < 1.29 is 15.3 Å². The molecule has 0 saturated carbocycles. The average Bonchev–Trinajstić information content (AvgIpc) is 1.98. The molecule has 0 spiro atoms. The van der Waals surface area contributed by atoms with Crippen molar-refractivity contribution in [2.45, 2.75) is 25.9 Å². The van der Waals surface area contributed by atoms with Gasteiger partial charge in [0, 0.05) is 19.1 Å². The SMILES string of the molecule is CC(CO)C(O)CCCO. The van der Waals surface area contributed by atoms with E-state index in [2.05, 4.69) is 0 Å². The van der Waals surface area contributed by atoms with Crippen LogP contribution in [0, 0.1) is 5.92 Å². The first kappa shape index (κ1) is 9.88. The molecule has 2 unspecified atom stereocenters. The highest BCUT2D eigenvalue weighted by Crippen LogP contribution is 2.07. The minimum Gasteiger partial charge on any atom is -0.396 e. The van der Waals surface area contributed by atoms with E-state index in [4.69, 9.17) is 10.2 Å². The van der Waals surface area contributed by atoms with E-state index >= 15 is 0 Å². The largest absolute Gasteiger partial charge is 0.396 e. The number of aliphatic hydroxyl groups excluding tert-OH is 3. The zero-order chi connectivity index (χ0) is 7.98. The third-order valence-electron chi connectivity index (χ3n) is 1.60. The van der Waals surface area contributed by atoms with Crippen LogP contribution >= 0.6 is 0 Å². The number of aliphatic hydroxyl groups is 3. The van der Waals surface area contributed by atoms with Crippen LogP contribution in [-0.2, 0) is 0 Å². The average molecular weight is 148 g/mol. The molecule has 10 heavy (non-hydrogen) atoms. The van der Waals surface area contributed by atoms with Crippen molar-refractivity contribution in [2.75, 3.05) is 13.2 Å². The Morgan fingerprint density at radius 1 is 1.30 bits per heavy atom. The zero-order valence-electron chi connectivity index (χ0n) is 6.32. The molecule has 0 aromatic heterocycles. The molecule has 0 aromatic carbocycles. The van der Waals surface area contributed by atoms with Gasteiger partial charge in [-0.3, -0.25) is 0 Å². The van der Waals surface area contributed by atoms with Crippen LogP contribution in [-0.4, -0.2) is 34.6 Å². The minimum atomic E-state index is -0.475. The summed E-state index contributed by atoms with van der Waals surface area (Å²) >= 11 is 0. The second-order valence-corrected chi connectivity index (χ2v) is 2.59. The van der Waals surface area contributed by atoms with Gasteiger partial charge in [0.1, 0.15) is 0 Å². The fourth-order valence-electron chi connectivity index (χ4n) is 0.707. The van der Waals surface area contributed by atoms with Gasteiger partial charge in [0.2, 0.25) is 0 Å². The van der Waals surface area contributed by atoms with Crippen LogP contribution in [0.4, 0.5) is 0 Å². The van der Waals surface area contributed by atoms with Gasteiger partial charge in [-0.2, -0.15) is 0 Å². The minimum absolute atomic E-state index is 0.00654. The molecule has 0 heterocycles. The molecule has 0 saturated heterocycles. The first-order valence-electron chi connectivity index (χ1n) is 3.62. The predicted octanol–water partition coefficient (Wildman–Crippen LogP) is -0.252. The van der Waals surface area contributed by atoms with Crippen molar-refractivity contribution in [3.05, 3.63) is 0 Å². The Labute approximate surface area is 61.3 Å². The van der Waals surface area contributed by atoms with Gasteiger partial charge in [0.05, 0.1) is 6.10 Å². The second kappa shape index (κ2) is 5.65. The topological polar surface area (TPSA) is 60.7 Å². The molecule has 3 heteroatoms. The third kappa shape index (κ3) is 3.82. The van der Waals surface area contributed by atoms with Gasteiger partial charge in [-0.05, 0) is 12.8 Å². The van der Waals surface area contributed by atoms with Crippen LogP contribution in [0.25, 0.3) is 0 Å². The Bertz CT molecular complexity index is 75.3. The maximum absolute atomic E-state index is 9.18. The number of rotatable bonds is 5. The highest BCUT2D eigenvalue weighted by atomic mass is 16.3. The molecular formula is C7H16O3. The highest BCUT2D eigenvalue weighted by molar-refractivity contribution is 4.62. The lowest BCUT2D eigenvalue weighted by Crippen LogP contribution is -2.20. The van der Waals surface area contributed by atoms with E-state index in [1.165, 1.54) is 0 Å². The fraction of sp³-hybridized carbons (Fsp3) is 1.00. The van der Waals surface area contributed by atoms with Crippen molar-refractivity contribution >= 4 is 0 Å². The van der Waals surface area contributed by atoms with E-state index in [0.29, 0.717) is 12.8 Å². The molecule has 0 aromatic rings. The lowest BCUT2D eigenvalue weighted by molar-refractivity contribution is 0.0647. The Morgan fingerprint density at radius 2 is 1.90 bits per heavy atom. The van der Waals surface area contributed by atoms with Gasteiger partial charge in [0.25, 0.3) is 0 Å². The van der Waals surface area contributed by atoms with Gasteiger partial charge in [-0.25, -0.2) is 0 Å². The quantitative estimate of drug-likeness (QED) is 0.504. The summed E-state index contributed by atoms with van der Waals surface area (Å²) in [4.78, 5) is 0. The lowest BCUT2D eigenvalue weighted by Gasteiger charge is -2.14. The summed E-state index contributed by atoms with van der Waals surface area (Å²) in [5.41, 5.74) is 0. The summed E-state index contributed by atoms with van der Waals surface area (Å²) < 4.78 is 0. The standard InChI is InChI=1S/C7H16O3/c1-6(5-9)7(10)3-2-4-8/h6-10H,2-5H2,1H3. The summed E-state index contributed by atoms with van der Waals surface area (Å²) in [5.74, 6) is -0.0773. The van der Waals surface area contributed by atoms with Crippen molar-refractivity contribution in [3.8, 4) is 0 Å². The summed E-state index contributed by atoms with van der Waals surface area (Å²) in [7, 11) is 0. The highest BCUT2D eigenvalue weighted by Gasteiger charge is 2.11. The smallest absolute Gasteiger partial charge is 0.0588 e. The Balaban J connectivity index is 3.31. The van der Waals surface area contributed by atoms with Gasteiger partial charge in [-0.1, -0.05) is 6.92 Å². The molecule has 0 fully saturated rings. The molecular weight excluding hydrogens is 132 g/mol. The Hall–Kier alpha value is -0.120. The van der Waals surface area contributed by atoms with E-state index in [9.17, 15) is 5.11 Å². The van der Waals surface area contributed by atoms with Crippen LogP contribution in [0.2, 0.25) is 0 Å². The van der Waals surface area contributed by atoms with Crippen LogP contribution in [0.1, 0.15) is 19.8 Å². The molecule has 62 valence electrons. The molecule has 3 nitrogen and oxygen atoms in total. The summed E-state index contributed by atoms with van der Waals surface area (Å²) in [6.07, 6.45) is 0.696. The molecule has 0 aliphatic carbocycles. The van der Waals surface area contributed by atoms with E-state index < -0.39 is 6.10 Å². The maximum atomic E-state index is 9.18. The van der Waals surface area contributed by atoms with Crippen LogP contribution in [0.3, 0.4) is 0 Å². The van der Waals surface area contributed by atoms with Crippen molar-refractivity contribution in [3.63, 3.8) is 0 Å². The summed E-state index contributed by atoms with van der Waals surface area (Å²) in [6, 6.07) is 0. The predicted molar refractivity (Wildman–Crippen MR) is 38.6 cm³/mol. The van der Waals surface area contributed by atoms with Crippen LogP contribution < -0.4 is 0 Å². The zero-order valence-corrected chi connectivity index (χ0v) is 6.32. The van der Waals surface area contributed by atoms with Gasteiger partial charge in [-0.15, -0.1) is 0 Å². The maximum Gasteiger partial charge on any atom is 0.0588 e. The number of hydrogen-bond acceptors (Lipinski definition) is 3. The molecule has 0 aliphatic rings. The number of hydrogen-bond donors (Lipinski definition) is 3. The second-order valence-electron chi connectivity index (χ2n) is 2.59. The fourth-order valence-corrected chi connectivity index (χ4v) is 0.707. The normalized spacial score (nSPS) is 16.8. The third-order valence-corrected chi connectivity index (χ3v) is 1.60. The Morgan fingerprint density at radius 3 is 2.30 bits per heavy atom. The van der Waals surface area contributed by atoms with Gasteiger partial charge >= 0.3 is 0 Å². The first-order chi connectivity index (χ1) is 4.72. The molecule has 3 N–H and O–H groups in total. The molecule has 0 aliphatic heterocycles. The molecule has 0 amide bonds. The van der Waals surface area contributed by atoms with Crippen LogP contribution in [0.5, 0.6) is 0 Å². The lowest BCUT2D eigenvalue weighted by atomic mass is 10.0. The van der Waals surface area contributed by atoms with Gasteiger partial charge in [0.15, 0.2) is 0 Å². The van der Waals surface area contributed by atoms with Crippen molar-refractivity contribution in [1.29, 1.82) is 0 Å². The van der Waals surface area contributed by atoms with Crippen molar-refractivity contribution in [2.24, 2.45) is 5.92 Å². The summed E-state index contributed by atoms with van der Waals surface area (Å²) in [5, 5.41) is 26.2. The molecule has 2 atom stereocenters. The Kier molecular flexibility index (Phi) is 5.58. The van der Waals surface area contributed by atoms with E-state index in [1.807, 2.05) is 0 Å². The molecule has 0 radical (unpaired) electrons. The first-order valence-corrected chi connectivity index (χ1v) is 3.62. The van der Waals surface area contributed by atoms with E-state index in [-0.39, 0.29) is 19.1 Å². The monoisotopic (exact) mass is 148 g/mol. The van der Waals surface area contributed by atoms with Crippen LogP contribution in [0.15, 0.2) is 0 Å². The summed E-state index contributed by atoms with van der Waals surface area (Å²) in [6.45, 7) is 1.89. The van der Waals surface area contributed by atoms with E-state index in [0.717, 1.165) is 0 Å². The van der Waals surface area contributed by atoms with Crippen molar-refractivity contribution in [1.82, 2.24) is 0 Å².